The number of hydrogen-bond donors (Lipinski definition) is 1. The standard InChI is InChI=1S/C26H21ClFN5O4S/c1-15-31-32-26-22(14-24(34)29-19-9-7-18(28)8-10-19)30-25(16-3-5-17(27)6-4-16)21-13-20(37-38(2,35)36)11-12-23(21)33(15)26/h3-13,22H,14H2,1-2H3,(H,29,34). The summed E-state index contributed by atoms with van der Waals surface area (Å²) in [5, 5.41) is 11.8. The number of halogens is 2. The highest BCUT2D eigenvalue weighted by atomic mass is 35.5. The van der Waals surface area contributed by atoms with Gasteiger partial charge in [-0.15, -0.1) is 10.2 Å². The van der Waals surface area contributed by atoms with Crippen LogP contribution in [0.15, 0.2) is 71.7 Å². The molecule has 1 unspecified atom stereocenters. The van der Waals surface area contributed by atoms with Gasteiger partial charge in [0.15, 0.2) is 5.82 Å². The maximum Gasteiger partial charge on any atom is 0.306 e. The molecule has 1 atom stereocenters. The van der Waals surface area contributed by atoms with Crippen LogP contribution >= 0.6 is 11.6 Å². The summed E-state index contributed by atoms with van der Waals surface area (Å²) in [4.78, 5) is 18.0. The quantitative estimate of drug-likeness (QED) is 0.348. The van der Waals surface area contributed by atoms with Gasteiger partial charge < -0.3 is 9.50 Å². The first kappa shape index (κ1) is 25.6. The highest BCUT2D eigenvalue weighted by Gasteiger charge is 2.30. The van der Waals surface area contributed by atoms with E-state index < -0.39 is 22.0 Å². The lowest BCUT2D eigenvalue weighted by Crippen LogP contribution is -2.17. The average Bonchev–Trinajstić information content (AvgIpc) is 3.18. The van der Waals surface area contributed by atoms with Crippen molar-refractivity contribution >= 4 is 39.0 Å². The van der Waals surface area contributed by atoms with Crippen molar-refractivity contribution in [3.8, 4) is 11.4 Å². The Morgan fingerprint density at radius 3 is 2.47 bits per heavy atom. The predicted octanol–water partition coefficient (Wildman–Crippen LogP) is 4.63. The van der Waals surface area contributed by atoms with E-state index in [9.17, 15) is 17.6 Å². The Kier molecular flexibility index (Phi) is 6.72. The van der Waals surface area contributed by atoms with Crippen molar-refractivity contribution < 1.29 is 21.8 Å². The molecule has 3 aromatic carbocycles. The van der Waals surface area contributed by atoms with Crippen LogP contribution in [-0.4, -0.2) is 41.1 Å². The van der Waals surface area contributed by atoms with E-state index in [1.807, 2.05) is 0 Å². The number of nitrogens with one attached hydrogen (secondary N) is 1. The van der Waals surface area contributed by atoms with Crippen LogP contribution in [-0.2, 0) is 14.9 Å². The number of aryl methyl sites for hydroxylation is 1. The third kappa shape index (κ3) is 5.43. The van der Waals surface area contributed by atoms with E-state index in [-0.39, 0.29) is 18.1 Å². The summed E-state index contributed by atoms with van der Waals surface area (Å²) in [5.41, 5.74) is 2.81. The van der Waals surface area contributed by atoms with E-state index in [1.165, 1.54) is 30.3 Å². The van der Waals surface area contributed by atoms with Gasteiger partial charge in [-0.05, 0) is 61.5 Å². The van der Waals surface area contributed by atoms with Crippen molar-refractivity contribution in [2.24, 2.45) is 4.99 Å². The predicted molar refractivity (Wildman–Crippen MR) is 141 cm³/mol. The van der Waals surface area contributed by atoms with Gasteiger partial charge >= 0.3 is 10.1 Å². The lowest BCUT2D eigenvalue weighted by atomic mass is 10.00. The summed E-state index contributed by atoms with van der Waals surface area (Å²) in [6.45, 7) is 1.77. The van der Waals surface area contributed by atoms with Gasteiger partial charge in [0, 0.05) is 21.8 Å². The fraction of sp³-hybridized carbons (Fsp3) is 0.154. The van der Waals surface area contributed by atoms with Crippen molar-refractivity contribution in [2.75, 3.05) is 11.6 Å². The molecule has 0 bridgehead atoms. The number of rotatable bonds is 6. The van der Waals surface area contributed by atoms with Crippen LogP contribution < -0.4 is 9.50 Å². The summed E-state index contributed by atoms with van der Waals surface area (Å²) in [7, 11) is -3.78. The second-order valence-corrected chi connectivity index (χ2v) is 10.7. The van der Waals surface area contributed by atoms with E-state index in [0.29, 0.717) is 44.9 Å². The monoisotopic (exact) mass is 553 g/mol. The van der Waals surface area contributed by atoms with Crippen molar-refractivity contribution in [1.29, 1.82) is 0 Å². The van der Waals surface area contributed by atoms with E-state index in [0.717, 1.165) is 6.26 Å². The topological polar surface area (TPSA) is 116 Å². The van der Waals surface area contributed by atoms with Gasteiger partial charge in [0.1, 0.15) is 23.4 Å². The third-order valence-corrected chi connectivity index (χ3v) is 6.52. The fourth-order valence-electron chi connectivity index (χ4n) is 4.20. The van der Waals surface area contributed by atoms with Gasteiger partial charge in [-0.2, -0.15) is 8.42 Å². The molecule has 1 amide bonds. The third-order valence-electron chi connectivity index (χ3n) is 5.77. The lowest BCUT2D eigenvalue weighted by molar-refractivity contribution is -0.116. The van der Waals surface area contributed by atoms with E-state index in [2.05, 4.69) is 15.5 Å². The first-order chi connectivity index (χ1) is 18.1. The van der Waals surface area contributed by atoms with Gasteiger partial charge in [-0.25, -0.2) is 4.39 Å². The van der Waals surface area contributed by atoms with E-state index in [4.69, 9.17) is 20.8 Å². The normalized spacial score (nSPS) is 14.6. The molecule has 4 aromatic rings. The number of aliphatic imine (C=N–C) groups is 1. The first-order valence-corrected chi connectivity index (χ1v) is 13.6. The Morgan fingerprint density at radius 2 is 1.79 bits per heavy atom. The molecule has 0 spiro atoms. The maximum atomic E-state index is 13.3. The van der Waals surface area contributed by atoms with Crippen molar-refractivity contribution in [2.45, 2.75) is 19.4 Å². The molecule has 1 aliphatic heterocycles. The minimum atomic E-state index is -3.78. The van der Waals surface area contributed by atoms with Crippen LogP contribution in [0, 0.1) is 12.7 Å². The number of fused-ring (bicyclic) bond motifs is 3. The van der Waals surface area contributed by atoms with Gasteiger partial charge in [-0.3, -0.25) is 14.4 Å². The Bertz CT molecular complexity index is 1670. The number of carbonyl (C=O) groups excluding carboxylic acids is 1. The summed E-state index contributed by atoms with van der Waals surface area (Å²) in [6, 6.07) is 16.5. The molecule has 2 heterocycles. The number of anilines is 1. The summed E-state index contributed by atoms with van der Waals surface area (Å²) >= 11 is 6.12. The van der Waals surface area contributed by atoms with Crippen LogP contribution in [0.25, 0.3) is 5.69 Å². The SMILES string of the molecule is Cc1nnc2n1-c1ccc(OS(C)(=O)=O)cc1C(c1ccc(Cl)cc1)=NC2CC(=O)Nc1ccc(F)cc1. The zero-order chi connectivity index (χ0) is 27.0. The number of hydrogen-bond acceptors (Lipinski definition) is 7. The maximum absolute atomic E-state index is 13.3. The molecule has 0 aliphatic carbocycles. The summed E-state index contributed by atoms with van der Waals surface area (Å²) < 4.78 is 43.9. The molecule has 1 aromatic heterocycles. The molecule has 194 valence electrons. The van der Waals surface area contributed by atoms with Crippen LogP contribution in [0.2, 0.25) is 5.02 Å². The Hall–Kier alpha value is -4.09. The second-order valence-electron chi connectivity index (χ2n) is 8.67. The van der Waals surface area contributed by atoms with Crippen molar-refractivity contribution in [3.05, 3.63) is 100 Å². The number of amides is 1. The van der Waals surface area contributed by atoms with Gasteiger partial charge in [0.2, 0.25) is 5.91 Å². The zero-order valence-electron chi connectivity index (χ0n) is 20.2. The Balaban J connectivity index is 1.63. The minimum absolute atomic E-state index is 0.0900. The zero-order valence-corrected chi connectivity index (χ0v) is 21.8. The smallest absolute Gasteiger partial charge is 0.306 e. The molecule has 1 N–H and O–H groups in total. The van der Waals surface area contributed by atoms with Crippen LogP contribution in [0.4, 0.5) is 10.1 Å². The van der Waals surface area contributed by atoms with E-state index >= 15 is 0 Å². The van der Waals surface area contributed by atoms with Crippen LogP contribution in [0.3, 0.4) is 0 Å². The Morgan fingerprint density at radius 1 is 1.08 bits per heavy atom. The van der Waals surface area contributed by atoms with Gasteiger partial charge in [0.25, 0.3) is 0 Å². The number of benzene rings is 3. The molecule has 0 saturated heterocycles. The minimum Gasteiger partial charge on any atom is -0.383 e. The molecular weight excluding hydrogens is 533 g/mol. The lowest BCUT2D eigenvalue weighted by Gasteiger charge is -2.14. The van der Waals surface area contributed by atoms with Crippen molar-refractivity contribution in [3.63, 3.8) is 0 Å². The van der Waals surface area contributed by atoms with Crippen molar-refractivity contribution in [1.82, 2.24) is 14.8 Å². The molecule has 0 fully saturated rings. The average molecular weight is 554 g/mol. The molecule has 5 rings (SSSR count). The first-order valence-electron chi connectivity index (χ1n) is 11.4. The molecular formula is C26H21ClFN5O4S. The molecule has 0 saturated carbocycles. The highest BCUT2D eigenvalue weighted by Crippen LogP contribution is 2.35. The Labute approximate surface area is 223 Å². The van der Waals surface area contributed by atoms with E-state index in [1.54, 1.807) is 47.9 Å². The fourth-order valence-corrected chi connectivity index (χ4v) is 4.78. The summed E-state index contributed by atoms with van der Waals surface area (Å²) in [6.07, 6.45) is 0.873. The molecule has 38 heavy (non-hydrogen) atoms. The number of aromatic nitrogens is 3. The molecule has 0 radical (unpaired) electrons. The summed E-state index contributed by atoms with van der Waals surface area (Å²) in [5.74, 6) is 0.311. The highest BCUT2D eigenvalue weighted by molar-refractivity contribution is 7.86. The largest absolute Gasteiger partial charge is 0.383 e. The number of nitrogens with zero attached hydrogens (tertiary/aromatic N) is 4. The molecule has 9 nitrogen and oxygen atoms in total. The van der Waals surface area contributed by atoms with Crippen LogP contribution in [0.1, 0.15) is 35.2 Å². The molecule has 1 aliphatic rings. The van der Waals surface area contributed by atoms with Gasteiger partial charge in [0.05, 0.1) is 24.1 Å². The van der Waals surface area contributed by atoms with Gasteiger partial charge in [-0.1, -0.05) is 23.7 Å². The number of carbonyl (C=O) groups is 1. The van der Waals surface area contributed by atoms with Crippen LogP contribution in [0.5, 0.6) is 5.75 Å². The molecule has 12 heteroatoms. The second kappa shape index (κ2) is 9.99.